The number of halogens is 2. The lowest BCUT2D eigenvalue weighted by molar-refractivity contribution is 0.576. The minimum Gasteiger partial charge on any atom is -0.381 e. The molecule has 0 amide bonds. The largest absolute Gasteiger partial charge is 0.381 e. The van der Waals surface area contributed by atoms with Crippen molar-refractivity contribution in [2.75, 3.05) is 23.3 Å². The average Bonchev–Trinajstić information content (AvgIpc) is 2.56. The fourth-order valence-corrected chi connectivity index (χ4v) is 3.19. The summed E-state index contributed by atoms with van der Waals surface area (Å²) in [6.07, 6.45) is 5.01. The summed E-state index contributed by atoms with van der Waals surface area (Å²) in [5.41, 5.74) is 2.08. The van der Waals surface area contributed by atoms with Crippen LogP contribution in [-0.4, -0.2) is 19.1 Å². The smallest absolute Gasteiger partial charge is 0.139 e. The number of fused-ring (bicyclic) bond motifs is 3. The molecule has 2 nitrogen and oxygen atoms in total. The second-order valence-electron chi connectivity index (χ2n) is 4.86. The zero-order chi connectivity index (χ0) is 11.8. The number of hydrogen-bond donors (Lipinski definition) is 1. The number of hydrogen-bond acceptors (Lipinski definition) is 2. The molecule has 92 valence electrons. The first-order valence-electron chi connectivity index (χ1n) is 6.25. The Kier molecular flexibility index (Phi) is 2.99. The van der Waals surface area contributed by atoms with Gasteiger partial charge in [0.25, 0.3) is 0 Å². The Labute approximate surface area is 109 Å². The first kappa shape index (κ1) is 11.3. The van der Waals surface area contributed by atoms with Gasteiger partial charge in [-0.25, -0.2) is 4.39 Å². The molecule has 0 aromatic heterocycles. The lowest BCUT2D eigenvalue weighted by atomic mass is 10.1. The van der Waals surface area contributed by atoms with Crippen molar-refractivity contribution in [1.29, 1.82) is 0 Å². The molecule has 17 heavy (non-hydrogen) atoms. The van der Waals surface area contributed by atoms with Crippen LogP contribution in [0.3, 0.4) is 0 Å². The zero-order valence-electron chi connectivity index (χ0n) is 9.68. The van der Waals surface area contributed by atoms with Crippen molar-refractivity contribution in [3.05, 3.63) is 22.4 Å². The molecular formula is C13H16BrFN2. The molecule has 1 saturated heterocycles. The first-order chi connectivity index (χ1) is 8.25. The predicted molar refractivity (Wildman–Crippen MR) is 72.2 cm³/mol. The molecule has 1 atom stereocenters. The Morgan fingerprint density at radius 1 is 1.29 bits per heavy atom. The van der Waals surface area contributed by atoms with E-state index in [0.717, 1.165) is 24.5 Å². The Morgan fingerprint density at radius 2 is 2.18 bits per heavy atom. The molecule has 3 rings (SSSR count). The molecule has 4 heteroatoms. The van der Waals surface area contributed by atoms with Gasteiger partial charge in [0.15, 0.2) is 0 Å². The highest BCUT2D eigenvalue weighted by Gasteiger charge is 2.27. The van der Waals surface area contributed by atoms with Gasteiger partial charge in [-0.1, -0.05) is 12.8 Å². The zero-order valence-corrected chi connectivity index (χ0v) is 11.3. The third-order valence-corrected chi connectivity index (χ3v) is 4.36. The monoisotopic (exact) mass is 298 g/mol. The third-order valence-electron chi connectivity index (χ3n) is 3.75. The predicted octanol–water partition coefficient (Wildman–Crippen LogP) is 3.76. The van der Waals surface area contributed by atoms with Gasteiger partial charge in [0.1, 0.15) is 5.82 Å². The lowest BCUT2D eigenvalue weighted by Crippen LogP contribution is -2.43. The summed E-state index contributed by atoms with van der Waals surface area (Å²) in [6, 6.07) is 4.04. The van der Waals surface area contributed by atoms with Gasteiger partial charge in [-0.3, -0.25) is 0 Å². The van der Waals surface area contributed by atoms with Crippen molar-refractivity contribution in [2.24, 2.45) is 0 Å². The first-order valence-corrected chi connectivity index (χ1v) is 7.04. The summed E-state index contributed by atoms with van der Waals surface area (Å²) in [5.74, 6) is -0.171. The van der Waals surface area contributed by atoms with Crippen molar-refractivity contribution in [1.82, 2.24) is 0 Å². The fraction of sp³-hybridized carbons (Fsp3) is 0.538. The highest BCUT2D eigenvalue weighted by atomic mass is 79.9. The lowest BCUT2D eigenvalue weighted by Gasteiger charge is -2.38. The standard InChI is InChI=1S/C13H16BrFN2/c14-10-6-12-13(7-11(10)15)17-5-3-1-2-4-9(17)8-16-12/h6-7,9,16H,1-5,8H2. The van der Waals surface area contributed by atoms with E-state index in [9.17, 15) is 4.39 Å². The van der Waals surface area contributed by atoms with E-state index in [1.807, 2.05) is 6.07 Å². The van der Waals surface area contributed by atoms with Gasteiger partial charge < -0.3 is 10.2 Å². The van der Waals surface area contributed by atoms with Crippen LogP contribution in [0.25, 0.3) is 0 Å². The maximum absolute atomic E-state index is 13.7. The van der Waals surface area contributed by atoms with Crippen molar-refractivity contribution in [3.63, 3.8) is 0 Å². The van der Waals surface area contributed by atoms with E-state index in [4.69, 9.17) is 0 Å². The summed E-state index contributed by atoms with van der Waals surface area (Å²) < 4.78 is 14.2. The highest BCUT2D eigenvalue weighted by Crippen LogP contribution is 2.37. The maximum Gasteiger partial charge on any atom is 0.139 e. The van der Waals surface area contributed by atoms with Gasteiger partial charge in [-0.05, 0) is 34.8 Å². The van der Waals surface area contributed by atoms with Crippen LogP contribution in [0.4, 0.5) is 15.8 Å². The summed E-state index contributed by atoms with van der Waals surface area (Å²) in [5, 5.41) is 3.42. The molecule has 0 aliphatic carbocycles. The van der Waals surface area contributed by atoms with E-state index in [0.29, 0.717) is 10.5 Å². The van der Waals surface area contributed by atoms with Crippen molar-refractivity contribution in [3.8, 4) is 0 Å². The molecule has 1 aromatic rings. The molecule has 1 aromatic carbocycles. The summed E-state index contributed by atoms with van der Waals surface area (Å²) in [7, 11) is 0. The second kappa shape index (κ2) is 4.48. The summed E-state index contributed by atoms with van der Waals surface area (Å²) in [6.45, 7) is 2.03. The topological polar surface area (TPSA) is 15.3 Å². The quantitative estimate of drug-likeness (QED) is 0.784. The van der Waals surface area contributed by atoms with Crippen LogP contribution in [0.2, 0.25) is 0 Å². The molecule has 1 N–H and O–H groups in total. The minimum absolute atomic E-state index is 0.171. The van der Waals surface area contributed by atoms with Crippen molar-refractivity contribution >= 4 is 27.3 Å². The number of nitrogens with zero attached hydrogens (tertiary/aromatic N) is 1. The normalized spacial score (nSPS) is 23.4. The molecule has 2 heterocycles. The van der Waals surface area contributed by atoms with Crippen molar-refractivity contribution in [2.45, 2.75) is 31.7 Å². The van der Waals surface area contributed by atoms with E-state index < -0.39 is 0 Å². The molecule has 0 saturated carbocycles. The van der Waals surface area contributed by atoms with E-state index >= 15 is 0 Å². The summed E-state index contributed by atoms with van der Waals surface area (Å²) in [4.78, 5) is 2.38. The molecular weight excluding hydrogens is 283 g/mol. The van der Waals surface area contributed by atoms with Gasteiger partial charge in [0.2, 0.25) is 0 Å². The Balaban J connectivity index is 2.01. The van der Waals surface area contributed by atoms with Crippen molar-refractivity contribution < 1.29 is 4.39 Å². The SMILES string of the molecule is Fc1cc2c(cc1Br)NCC1CCCCCN21. The van der Waals surface area contributed by atoms with Crippen LogP contribution in [-0.2, 0) is 0 Å². The average molecular weight is 299 g/mol. The van der Waals surface area contributed by atoms with Gasteiger partial charge in [-0.2, -0.15) is 0 Å². The Morgan fingerprint density at radius 3 is 3.06 bits per heavy atom. The van der Waals surface area contributed by atoms with Gasteiger partial charge in [0.05, 0.1) is 15.8 Å². The van der Waals surface area contributed by atoms with Crippen LogP contribution in [0.5, 0.6) is 0 Å². The Bertz CT molecular complexity index is 436. The van der Waals surface area contributed by atoms with E-state index in [1.165, 1.54) is 25.7 Å². The fourth-order valence-electron chi connectivity index (χ4n) is 2.85. The van der Waals surface area contributed by atoms with Gasteiger partial charge >= 0.3 is 0 Å². The summed E-state index contributed by atoms with van der Waals surface area (Å²) >= 11 is 3.24. The Hall–Kier alpha value is -0.770. The molecule has 1 fully saturated rings. The number of rotatable bonds is 0. The number of nitrogens with one attached hydrogen (secondary N) is 1. The maximum atomic E-state index is 13.7. The minimum atomic E-state index is -0.171. The van der Waals surface area contributed by atoms with Crippen LogP contribution in [0.15, 0.2) is 16.6 Å². The molecule has 0 radical (unpaired) electrons. The van der Waals surface area contributed by atoms with E-state index in [-0.39, 0.29) is 5.82 Å². The third kappa shape index (κ3) is 2.03. The van der Waals surface area contributed by atoms with Gasteiger partial charge in [0, 0.05) is 25.2 Å². The molecule has 0 bridgehead atoms. The molecule has 0 spiro atoms. The van der Waals surface area contributed by atoms with E-state index in [1.54, 1.807) is 6.07 Å². The number of anilines is 2. The molecule has 2 aliphatic rings. The van der Waals surface area contributed by atoms with Crippen LogP contribution >= 0.6 is 15.9 Å². The highest BCUT2D eigenvalue weighted by molar-refractivity contribution is 9.10. The van der Waals surface area contributed by atoms with Crippen LogP contribution in [0.1, 0.15) is 25.7 Å². The van der Waals surface area contributed by atoms with E-state index in [2.05, 4.69) is 26.1 Å². The molecule has 2 aliphatic heterocycles. The second-order valence-corrected chi connectivity index (χ2v) is 5.72. The van der Waals surface area contributed by atoms with Crippen LogP contribution in [0, 0.1) is 5.82 Å². The molecule has 1 unspecified atom stereocenters. The number of benzene rings is 1. The van der Waals surface area contributed by atoms with Gasteiger partial charge in [-0.15, -0.1) is 0 Å². The van der Waals surface area contributed by atoms with Crippen LogP contribution < -0.4 is 10.2 Å².